The van der Waals surface area contributed by atoms with Crippen LogP contribution in [0.3, 0.4) is 0 Å². The van der Waals surface area contributed by atoms with Crippen LogP contribution in [0.25, 0.3) is 11.1 Å². The van der Waals surface area contributed by atoms with Gasteiger partial charge in [0.05, 0.1) is 28.8 Å². The van der Waals surface area contributed by atoms with Gasteiger partial charge in [-0.15, -0.1) is 0 Å². The molecule has 0 saturated heterocycles. The fourth-order valence-electron chi connectivity index (χ4n) is 6.88. The molecule has 3 aromatic rings. The summed E-state index contributed by atoms with van der Waals surface area (Å²) in [6, 6.07) is 16.9. The van der Waals surface area contributed by atoms with Gasteiger partial charge in [0.2, 0.25) is 10.0 Å². The maximum absolute atomic E-state index is 12.9. The van der Waals surface area contributed by atoms with E-state index in [0.29, 0.717) is 23.7 Å². The van der Waals surface area contributed by atoms with Crippen molar-refractivity contribution in [3.63, 3.8) is 0 Å². The summed E-state index contributed by atoms with van der Waals surface area (Å²) in [5.74, 6) is 0.527. The molecule has 1 aliphatic rings. The number of halogens is 1. The minimum absolute atomic E-state index is 0.0159. The third-order valence-electron chi connectivity index (χ3n) is 9.74. The second-order valence-electron chi connectivity index (χ2n) is 14.1. The van der Waals surface area contributed by atoms with Crippen LogP contribution in [0, 0.1) is 5.92 Å². The second kappa shape index (κ2) is 21.3. The van der Waals surface area contributed by atoms with Crippen LogP contribution >= 0.6 is 11.6 Å². The number of anilines is 2. The Kier molecular flexibility index (Phi) is 16.9. The molecular weight excluding hydrogens is 702 g/mol. The molecule has 1 saturated carbocycles. The molecule has 286 valence electrons. The van der Waals surface area contributed by atoms with E-state index >= 15 is 0 Å². The van der Waals surface area contributed by atoms with Gasteiger partial charge >= 0.3 is 6.09 Å². The molecule has 0 spiro atoms. The highest BCUT2D eigenvalue weighted by Crippen LogP contribution is 2.34. The number of benzene rings is 3. The Morgan fingerprint density at radius 2 is 1.54 bits per heavy atom. The molecule has 0 bridgehead atoms. The van der Waals surface area contributed by atoms with Crippen LogP contribution in [0.5, 0.6) is 11.5 Å². The van der Waals surface area contributed by atoms with E-state index in [1.54, 1.807) is 24.3 Å². The predicted molar refractivity (Wildman–Crippen MR) is 210 cm³/mol. The number of sulfonamides is 1. The molecule has 1 fully saturated rings. The molecule has 10 nitrogen and oxygen atoms in total. The zero-order valence-corrected chi connectivity index (χ0v) is 31.9. The number of phenolic OH excluding ortho intramolecular Hbond substituents is 2. The van der Waals surface area contributed by atoms with Crippen LogP contribution in [0.1, 0.15) is 108 Å². The Labute approximate surface area is 314 Å². The largest absolute Gasteiger partial charge is 0.506 e. The zero-order chi connectivity index (χ0) is 37.3. The number of para-hydroxylation sites is 1. The van der Waals surface area contributed by atoms with Crippen molar-refractivity contribution in [2.75, 3.05) is 29.4 Å². The zero-order valence-electron chi connectivity index (χ0n) is 30.3. The molecule has 4 rings (SSSR count). The van der Waals surface area contributed by atoms with Gasteiger partial charge < -0.3 is 25.4 Å². The Balaban J connectivity index is 0.998. The Hall–Kier alpha value is -3.51. The summed E-state index contributed by atoms with van der Waals surface area (Å²) in [6.07, 6.45) is 17.0. The normalized spacial score (nSPS) is 16.9. The molecule has 3 aromatic carbocycles. The number of hydrogen-bond acceptors (Lipinski definition) is 8. The number of aromatic hydroxyl groups is 2. The second-order valence-corrected chi connectivity index (χ2v) is 16.2. The molecule has 52 heavy (non-hydrogen) atoms. The molecule has 0 heterocycles. The maximum Gasteiger partial charge on any atom is 0.411 e. The van der Waals surface area contributed by atoms with E-state index in [9.17, 15) is 28.5 Å². The number of amides is 1. The number of carbonyl (C=O) groups is 1. The van der Waals surface area contributed by atoms with Crippen molar-refractivity contribution in [3.8, 4) is 22.6 Å². The standard InChI is InChI=1S/C40H56ClN3O7S/c1-52(49,50)44-36-27-31(21-24-38(36)46)39(47)28-42-25-12-8-6-4-2-3-5-7-9-14-29-15-13-16-32(22-19-29)51-40(48)43-35-18-11-10-17-33(35)30-20-23-37(45)34(41)26-30/h10-11,17-18,20-21,23-24,26-27,29,32,39,42,44-47H,2-9,12-16,19,22,25,28H2,1H3,(H,43,48)/t29?,32?,39-/m0/s1. The van der Waals surface area contributed by atoms with Crippen molar-refractivity contribution >= 4 is 39.1 Å². The summed E-state index contributed by atoms with van der Waals surface area (Å²) >= 11 is 6.11. The van der Waals surface area contributed by atoms with Crippen molar-refractivity contribution in [1.82, 2.24) is 5.32 Å². The van der Waals surface area contributed by atoms with E-state index in [1.165, 1.54) is 69.9 Å². The lowest BCUT2D eigenvalue weighted by Gasteiger charge is -2.18. The lowest BCUT2D eigenvalue weighted by molar-refractivity contribution is 0.100. The van der Waals surface area contributed by atoms with Crippen molar-refractivity contribution < 1.29 is 33.3 Å². The Morgan fingerprint density at radius 3 is 2.27 bits per heavy atom. The van der Waals surface area contributed by atoms with Gasteiger partial charge in [-0.1, -0.05) is 106 Å². The molecule has 1 aliphatic carbocycles. The quantitative estimate of drug-likeness (QED) is 0.0378. The van der Waals surface area contributed by atoms with Crippen LogP contribution in [0.15, 0.2) is 60.7 Å². The highest BCUT2D eigenvalue weighted by atomic mass is 35.5. The van der Waals surface area contributed by atoms with E-state index in [0.717, 1.165) is 62.5 Å². The fraction of sp³-hybridized carbons (Fsp3) is 0.525. The van der Waals surface area contributed by atoms with Gasteiger partial charge in [0.1, 0.15) is 17.6 Å². The Morgan fingerprint density at radius 1 is 0.846 bits per heavy atom. The van der Waals surface area contributed by atoms with Gasteiger partial charge in [0.15, 0.2) is 0 Å². The van der Waals surface area contributed by atoms with Gasteiger partial charge in [-0.05, 0) is 86.0 Å². The van der Waals surface area contributed by atoms with Crippen molar-refractivity contribution in [3.05, 3.63) is 71.2 Å². The maximum atomic E-state index is 12.9. The first kappa shape index (κ1) is 41.2. The molecule has 12 heteroatoms. The Bertz CT molecular complexity index is 1670. The van der Waals surface area contributed by atoms with Gasteiger partial charge in [0, 0.05) is 12.1 Å². The molecular formula is C40H56ClN3O7S. The van der Waals surface area contributed by atoms with Crippen LogP contribution in [-0.2, 0) is 14.8 Å². The lowest BCUT2D eigenvalue weighted by Crippen LogP contribution is -2.22. The highest BCUT2D eigenvalue weighted by Gasteiger charge is 2.22. The number of hydrogen-bond donors (Lipinski definition) is 6. The third kappa shape index (κ3) is 14.5. The van der Waals surface area contributed by atoms with E-state index in [1.807, 2.05) is 24.3 Å². The molecule has 0 aliphatic heterocycles. The van der Waals surface area contributed by atoms with E-state index in [-0.39, 0.29) is 28.3 Å². The number of carbonyl (C=O) groups excluding carboxylic acids is 1. The summed E-state index contributed by atoms with van der Waals surface area (Å²) in [5, 5.41) is 36.6. The fourth-order valence-corrected chi connectivity index (χ4v) is 7.62. The average Bonchev–Trinajstić information content (AvgIpc) is 3.33. The number of phenols is 2. The van der Waals surface area contributed by atoms with Crippen molar-refractivity contribution in [1.29, 1.82) is 0 Å². The number of aliphatic hydroxyl groups is 1. The van der Waals surface area contributed by atoms with Crippen LogP contribution < -0.4 is 15.4 Å². The summed E-state index contributed by atoms with van der Waals surface area (Å²) < 4.78 is 31.1. The predicted octanol–water partition coefficient (Wildman–Crippen LogP) is 9.51. The summed E-state index contributed by atoms with van der Waals surface area (Å²) in [6.45, 7) is 1.16. The smallest absolute Gasteiger partial charge is 0.411 e. The molecule has 3 atom stereocenters. The van der Waals surface area contributed by atoms with Crippen LogP contribution in [0.2, 0.25) is 5.02 Å². The average molecular weight is 758 g/mol. The molecule has 0 aromatic heterocycles. The van der Waals surface area contributed by atoms with Gasteiger partial charge in [0.25, 0.3) is 0 Å². The number of rotatable bonds is 20. The summed E-state index contributed by atoms with van der Waals surface area (Å²) in [4.78, 5) is 12.9. The molecule has 6 N–H and O–H groups in total. The number of ether oxygens (including phenoxy) is 1. The van der Waals surface area contributed by atoms with E-state index in [2.05, 4.69) is 15.4 Å². The van der Waals surface area contributed by atoms with Crippen molar-refractivity contribution in [2.45, 2.75) is 109 Å². The highest BCUT2D eigenvalue weighted by molar-refractivity contribution is 7.92. The van der Waals surface area contributed by atoms with Gasteiger partial charge in [-0.2, -0.15) is 0 Å². The first-order valence-corrected chi connectivity index (χ1v) is 21.0. The number of nitrogens with one attached hydrogen (secondary N) is 3. The third-order valence-corrected chi connectivity index (χ3v) is 10.6. The first-order valence-electron chi connectivity index (χ1n) is 18.7. The van der Waals surface area contributed by atoms with E-state index in [4.69, 9.17) is 16.3 Å². The summed E-state index contributed by atoms with van der Waals surface area (Å²) in [5.41, 5.74) is 2.83. The number of unbranched alkanes of at least 4 members (excludes halogenated alkanes) is 8. The molecule has 0 radical (unpaired) electrons. The van der Waals surface area contributed by atoms with Gasteiger partial charge in [-0.25, -0.2) is 13.2 Å². The SMILES string of the molecule is CS(=O)(=O)Nc1cc([C@@H](O)CNCCCCCCCCCCCC2CCCC(OC(=O)Nc3ccccc3-c3ccc(O)c(Cl)c3)CC2)ccc1O. The molecule has 1 amide bonds. The van der Waals surface area contributed by atoms with Crippen LogP contribution in [0.4, 0.5) is 16.2 Å². The lowest BCUT2D eigenvalue weighted by atomic mass is 9.93. The minimum atomic E-state index is -3.53. The summed E-state index contributed by atoms with van der Waals surface area (Å²) in [7, 11) is -3.53. The van der Waals surface area contributed by atoms with E-state index < -0.39 is 22.2 Å². The first-order chi connectivity index (χ1) is 25.0. The van der Waals surface area contributed by atoms with Crippen LogP contribution in [-0.4, -0.2) is 55.3 Å². The monoisotopic (exact) mass is 757 g/mol. The van der Waals surface area contributed by atoms with Gasteiger partial charge in [-0.3, -0.25) is 10.0 Å². The topological polar surface area (TPSA) is 157 Å². The molecule has 2 unspecified atom stereocenters. The van der Waals surface area contributed by atoms with Crippen molar-refractivity contribution in [2.24, 2.45) is 5.92 Å². The number of aliphatic hydroxyl groups excluding tert-OH is 1. The minimum Gasteiger partial charge on any atom is -0.506 e.